The van der Waals surface area contributed by atoms with E-state index >= 15 is 0 Å². The molecule has 1 atom stereocenters. The number of ether oxygens (including phenoxy) is 1. The molecule has 1 fully saturated rings. The fourth-order valence-electron chi connectivity index (χ4n) is 3.38. The molecule has 0 aromatic rings. The Morgan fingerprint density at radius 3 is 2.00 bits per heavy atom. The van der Waals surface area contributed by atoms with E-state index in [4.69, 9.17) is 4.74 Å². The Hall–Kier alpha value is -0.530. The van der Waals surface area contributed by atoms with Gasteiger partial charge < -0.3 is 4.74 Å². The van der Waals surface area contributed by atoms with Gasteiger partial charge in [0.05, 0.1) is 5.41 Å². The fraction of sp³-hybridized carbons (Fsp3) is 0.941. The molecule has 0 aromatic heterocycles. The third-order valence-corrected chi connectivity index (χ3v) is 4.66. The summed E-state index contributed by atoms with van der Waals surface area (Å²) in [5, 5.41) is 0. The van der Waals surface area contributed by atoms with E-state index in [1.165, 1.54) is 12.8 Å². The van der Waals surface area contributed by atoms with Crippen LogP contribution in [0.3, 0.4) is 0 Å². The third-order valence-electron chi connectivity index (χ3n) is 4.66. The van der Waals surface area contributed by atoms with Crippen molar-refractivity contribution in [2.75, 3.05) is 0 Å². The van der Waals surface area contributed by atoms with Crippen molar-refractivity contribution in [3.63, 3.8) is 0 Å². The Morgan fingerprint density at radius 1 is 1.11 bits per heavy atom. The van der Waals surface area contributed by atoms with Crippen molar-refractivity contribution in [3.05, 3.63) is 0 Å². The molecule has 2 heteroatoms. The van der Waals surface area contributed by atoms with Gasteiger partial charge in [0.1, 0.15) is 5.60 Å². The maximum absolute atomic E-state index is 12.7. The number of rotatable bonds is 5. The highest BCUT2D eigenvalue weighted by molar-refractivity contribution is 5.77. The molecule has 0 radical (unpaired) electrons. The van der Waals surface area contributed by atoms with Crippen LogP contribution in [0.1, 0.15) is 86.5 Å². The summed E-state index contributed by atoms with van der Waals surface area (Å²) < 4.78 is 6.01. The second-order valence-electron chi connectivity index (χ2n) is 7.78. The Bertz CT molecular complexity index is 308. The van der Waals surface area contributed by atoms with Gasteiger partial charge in [-0.05, 0) is 57.3 Å². The first-order valence-electron chi connectivity index (χ1n) is 7.90. The molecule has 0 saturated heterocycles. The van der Waals surface area contributed by atoms with Gasteiger partial charge in [0.15, 0.2) is 0 Å². The van der Waals surface area contributed by atoms with Crippen molar-refractivity contribution in [2.24, 2.45) is 10.8 Å². The molecule has 0 aromatic carbocycles. The molecule has 0 spiro atoms. The summed E-state index contributed by atoms with van der Waals surface area (Å²) in [4.78, 5) is 12.7. The van der Waals surface area contributed by atoms with Gasteiger partial charge in [-0.2, -0.15) is 0 Å². The number of carbonyl (C=O) groups excluding carboxylic acids is 1. The van der Waals surface area contributed by atoms with Crippen molar-refractivity contribution in [3.8, 4) is 0 Å². The van der Waals surface area contributed by atoms with Crippen LogP contribution in [0.2, 0.25) is 0 Å². The molecule has 0 bridgehead atoms. The molecular formula is C17H32O2. The van der Waals surface area contributed by atoms with Crippen LogP contribution < -0.4 is 0 Å². The van der Waals surface area contributed by atoms with Crippen molar-refractivity contribution >= 4 is 5.97 Å². The topological polar surface area (TPSA) is 26.3 Å². The normalized spacial score (nSPS) is 22.0. The van der Waals surface area contributed by atoms with Gasteiger partial charge in [0, 0.05) is 0 Å². The summed E-state index contributed by atoms with van der Waals surface area (Å²) >= 11 is 0. The van der Waals surface area contributed by atoms with E-state index in [0.717, 1.165) is 32.1 Å². The van der Waals surface area contributed by atoms with Gasteiger partial charge in [-0.25, -0.2) is 0 Å². The van der Waals surface area contributed by atoms with E-state index in [-0.39, 0.29) is 22.4 Å². The lowest BCUT2D eigenvalue weighted by Crippen LogP contribution is -2.40. The second-order valence-corrected chi connectivity index (χ2v) is 7.78. The summed E-state index contributed by atoms with van der Waals surface area (Å²) in [5.74, 6) is 0.0219. The Balaban J connectivity index is 2.78. The summed E-state index contributed by atoms with van der Waals surface area (Å²) in [7, 11) is 0. The molecule has 0 aliphatic heterocycles. The SMILES string of the molecule is CCC1(OC(=O)C(C)(CC)CC(C)(C)C)CCCC1. The van der Waals surface area contributed by atoms with E-state index in [2.05, 4.69) is 41.5 Å². The highest BCUT2D eigenvalue weighted by atomic mass is 16.6. The van der Waals surface area contributed by atoms with E-state index in [1.54, 1.807) is 0 Å². The third kappa shape index (κ3) is 4.22. The van der Waals surface area contributed by atoms with Gasteiger partial charge >= 0.3 is 5.97 Å². The molecule has 0 N–H and O–H groups in total. The monoisotopic (exact) mass is 268 g/mol. The minimum Gasteiger partial charge on any atom is -0.459 e. The van der Waals surface area contributed by atoms with Crippen LogP contribution in [0.25, 0.3) is 0 Å². The highest BCUT2D eigenvalue weighted by Crippen LogP contribution is 2.42. The van der Waals surface area contributed by atoms with Crippen molar-refractivity contribution < 1.29 is 9.53 Å². The zero-order valence-corrected chi connectivity index (χ0v) is 13.8. The first-order valence-corrected chi connectivity index (χ1v) is 7.90. The van der Waals surface area contributed by atoms with Gasteiger partial charge in [-0.15, -0.1) is 0 Å². The van der Waals surface area contributed by atoms with E-state index in [1.807, 2.05) is 0 Å². The first-order chi connectivity index (χ1) is 8.66. The predicted octanol–water partition coefficient (Wildman–Crippen LogP) is 5.10. The van der Waals surface area contributed by atoms with E-state index < -0.39 is 0 Å². The summed E-state index contributed by atoms with van der Waals surface area (Å²) in [5.41, 5.74) is -0.354. The molecule has 1 aliphatic carbocycles. The van der Waals surface area contributed by atoms with Crippen LogP contribution in [-0.4, -0.2) is 11.6 Å². The summed E-state index contributed by atoms with van der Waals surface area (Å²) in [6, 6.07) is 0. The molecule has 112 valence electrons. The minimum absolute atomic E-state index is 0.0219. The molecule has 0 heterocycles. The van der Waals surface area contributed by atoms with Gasteiger partial charge in [0.25, 0.3) is 0 Å². The molecule has 2 nitrogen and oxygen atoms in total. The standard InChI is InChI=1S/C17H32O2/c1-7-16(6,13-15(3,4)5)14(18)19-17(8-2)11-9-10-12-17/h7-13H2,1-6H3. The lowest BCUT2D eigenvalue weighted by Gasteiger charge is -2.37. The highest BCUT2D eigenvalue weighted by Gasteiger charge is 2.43. The molecule has 0 amide bonds. The average Bonchev–Trinajstić information content (AvgIpc) is 2.76. The summed E-state index contributed by atoms with van der Waals surface area (Å²) in [6.45, 7) is 12.9. The predicted molar refractivity (Wildman–Crippen MR) is 80.1 cm³/mol. The summed E-state index contributed by atoms with van der Waals surface area (Å²) in [6.07, 6.45) is 7.17. The molecule has 1 aliphatic rings. The molecule has 19 heavy (non-hydrogen) atoms. The second kappa shape index (κ2) is 5.85. The van der Waals surface area contributed by atoms with Crippen LogP contribution in [-0.2, 0) is 9.53 Å². The fourth-order valence-corrected chi connectivity index (χ4v) is 3.38. The first kappa shape index (κ1) is 16.5. The van der Waals surface area contributed by atoms with Gasteiger partial charge in [-0.3, -0.25) is 4.79 Å². The van der Waals surface area contributed by atoms with Crippen LogP contribution in [0.5, 0.6) is 0 Å². The van der Waals surface area contributed by atoms with Crippen LogP contribution in [0, 0.1) is 10.8 Å². The molecular weight excluding hydrogens is 236 g/mol. The maximum atomic E-state index is 12.7. The number of esters is 1. The number of hydrogen-bond acceptors (Lipinski definition) is 2. The molecule has 1 unspecified atom stereocenters. The quantitative estimate of drug-likeness (QED) is 0.648. The van der Waals surface area contributed by atoms with Gasteiger partial charge in [0.2, 0.25) is 0 Å². The van der Waals surface area contributed by atoms with Crippen molar-refractivity contribution in [1.82, 2.24) is 0 Å². The molecule has 1 saturated carbocycles. The number of carbonyl (C=O) groups is 1. The Labute approximate surface area is 119 Å². The van der Waals surface area contributed by atoms with Crippen molar-refractivity contribution in [2.45, 2.75) is 92.1 Å². The Kier molecular flexibility index (Phi) is 5.08. The minimum atomic E-state index is -0.344. The van der Waals surface area contributed by atoms with Gasteiger partial charge in [-0.1, -0.05) is 34.6 Å². The molecule has 1 rings (SSSR count). The zero-order valence-electron chi connectivity index (χ0n) is 13.8. The van der Waals surface area contributed by atoms with Crippen LogP contribution in [0.15, 0.2) is 0 Å². The lowest BCUT2D eigenvalue weighted by molar-refractivity contribution is -0.173. The Morgan fingerprint density at radius 2 is 1.63 bits per heavy atom. The average molecular weight is 268 g/mol. The van der Waals surface area contributed by atoms with Crippen LogP contribution in [0.4, 0.5) is 0 Å². The smallest absolute Gasteiger partial charge is 0.312 e. The van der Waals surface area contributed by atoms with Crippen molar-refractivity contribution in [1.29, 1.82) is 0 Å². The van der Waals surface area contributed by atoms with E-state index in [9.17, 15) is 4.79 Å². The van der Waals surface area contributed by atoms with Crippen LogP contribution >= 0.6 is 0 Å². The lowest BCUT2D eigenvalue weighted by atomic mass is 9.73. The zero-order chi connectivity index (χ0) is 14.7. The maximum Gasteiger partial charge on any atom is 0.312 e. The largest absolute Gasteiger partial charge is 0.459 e. The number of hydrogen-bond donors (Lipinski definition) is 0. The van der Waals surface area contributed by atoms with E-state index in [0.29, 0.717) is 0 Å².